The molecule has 1 aliphatic carbocycles. The van der Waals surface area contributed by atoms with E-state index in [0.29, 0.717) is 19.7 Å². The molecule has 0 spiro atoms. The van der Waals surface area contributed by atoms with Gasteiger partial charge in [0.25, 0.3) is 0 Å². The lowest BCUT2D eigenvalue weighted by Crippen LogP contribution is -2.27. The van der Waals surface area contributed by atoms with Crippen LogP contribution in [0.3, 0.4) is 0 Å². The van der Waals surface area contributed by atoms with Crippen molar-refractivity contribution in [1.29, 1.82) is 0 Å². The van der Waals surface area contributed by atoms with Gasteiger partial charge in [0, 0.05) is 20.2 Å². The van der Waals surface area contributed by atoms with Crippen LogP contribution in [0.2, 0.25) is 0 Å². The molecule has 6 nitrogen and oxygen atoms in total. The Balaban J connectivity index is 2.33. The summed E-state index contributed by atoms with van der Waals surface area (Å²) in [7, 11) is -1.76. The molecule has 0 unspecified atom stereocenters. The first-order valence-corrected chi connectivity index (χ1v) is 11.1. The van der Waals surface area contributed by atoms with Crippen LogP contribution in [0.4, 0.5) is 0 Å². The lowest BCUT2D eigenvalue weighted by molar-refractivity contribution is 0.181. The average Bonchev–Trinajstić information content (AvgIpc) is 2.82. The van der Waals surface area contributed by atoms with Gasteiger partial charge in [-0.1, -0.05) is 39.5 Å². The minimum absolute atomic E-state index is 0.235. The van der Waals surface area contributed by atoms with Gasteiger partial charge in [-0.25, -0.2) is 13.4 Å². The number of methoxy groups -OCH3 is 1. The predicted molar refractivity (Wildman–Crippen MR) is 99.4 cm³/mol. The Kier molecular flexibility index (Phi) is 7.90. The second-order valence-electron chi connectivity index (χ2n) is 6.80. The van der Waals surface area contributed by atoms with E-state index in [1.54, 1.807) is 13.3 Å². The molecule has 1 aromatic heterocycles. The molecular weight excluding hydrogens is 338 g/mol. The van der Waals surface area contributed by atoms with Gasteiger partial charge in [0.15, 0.2) is 0 Å². The Labute approximate surface area is 152 Å². The molecule has 0 bridgehead atoms. The molecule has 1 saturated carbocycles. The third-order valence-corrected chi connectivity index (χ3v) is 7.38. The van der Waals surface area contributed by atoms with Crippen LogP contribution in [0.15, 0.2) is 11.4 Å². The van der Waals surface area contributed by atoms with Crippen LogP contribution in [0.25, 0.3) is 0 Å². The predicted octanol–water partition coefficient (Wildman–Crippen LogP) is 2.87. The average molecular weight is 372 g/mol. The molecule has 1 heterocycles. The van der Waals surface area contributed by atoms with Gasteiger partial charge in [-0.2, -0.15) is 0 Å². The fourth-order valence-corrected chi connectivity index (χ4v) is 5.51. The first kappa shape index (κ1) is 20.4. The number of rotatable bonds is 9. The van der Waals surface area contributed by atoms with Crippen LogP contribution in [-0.4, -0.2) is 54.9 Å². The molecule has 2 rings (SSSR count). The SMILES string of the molecule is CCN(CC)Cc1cnc(S(=O)(=O)C2CCCCCC2)n1CCOC. The van der Waals surface area contributed by atoms with Gasteiger partial charge in [0.1, 0.15) is 0 Å². The highest BCUT2D eigenvalue weighted by Gasteiger charge is 2.32. The van der Waals surface area contributed by atoms with Crippen LogP contribution in [0.5, 0.6) is 0 Å². The lowest BCUT2D eigenvalue weighted by atomic mass is 10.2. The Hall–Kier alpha value is -0.920. The Morgan fingerprint density at radius 3 is 2.40 bits per heavy atom. The van der Waals surface area contributed by atoms with Crippen LogP contribution in [-0.2, 0) is 27.7 Å². The zero-order valence-corrected chi connectivity index (χ0v) is 16.7. The van der Waals surface area contributed by atoms with Crippen molar-refractivity contribution in [3.63, 3.8) is 0 Å². The van der Waals surface area contributed by atoms with Crippen molar-refractivity contribution in [2.75, 3.05) is 26.8 Å². The van der Waals surface area contributed by atoms with Crippen LogP contribution in [0.1, 0.15) is 58.1 Å². The molecule has 144 valence electrons. The van der Waals surface area contributed by atoms with E-state index in [1.165, 1.54) is 0 Å². The van der Waals surface area contributed by atoms with Gasteiger partial charge in [0.2, 0.25) is 15.0 Å². The van der Waals surface area contributed by atoms with E-state index in [1.807, 2.05) is 4.57 Å². The second-order valence-corrected chi connectivity index (χ2v) is 8.92. The number of imidazole rings is 1. The number of nitrogens with zero attached hydrogens (tertiary/aromatic N) is 3. The molecule has 0 aromatic carbocycles. The van der Waals surface area contributed by atoms with Gasteiger partial charge in [-0.05, 0) is 25.9 Å². The second kappa shape index (κ2) is 9.69. The molecule has 1 aromatic rings. The molecule has 1 fully saturated rings. The number of hydrogen-bond acceptors (Lipinski definition) is 5. The number of aromatic nitrogens is 2. The molecule has 7 heteroatoms. The van der Waals surface area contributed by atoms with E-state index in [0.717, 1.165) is 57.3 Å². The first-order valence-electron chi connectivity index (χ1n) is 9.54. The molecule has 0 atom stereocenters. The monoisotopic (exact) mass is 371 g/mol. The third-order valence-electron chi connectivity index (χ3n) is 5.20. The van der Waals surface area contributed by atoms with Crippen molar-refractivity contribution in [3.05, 3.63) is 11.9 Å². The smallest absolute Gasteiger partial charge is 0.228 e. The van der Waals surface area contributed by atoms with E-state index in [-0.39, 0.29) is 10.4 Å². The molecule has 1 aliphatic rings. The Morgan fingerprint density at radius 1 is 1.20 bits per heavy atom. The van der Waals surface area contributed by atoms with E-state index < -0.39 is 9.84 Å². The normalized spacial score (nSPS) is 17.1. The van der Waals surface area contributed by atoms with Crippen molar-refractivity contribution in [2.24, 2.45) is 0 Å². The summed E-state index contributed by atoms with van der Waals surface area (Å²) in [6.07, 6.45) is 7.51. The number of hydrogen-bond donors (Lipinski definition) is 0. The van der Waals surface area contributed by atoms with Crippen molar-refractivity contribution >= 4 is 9.84 Å². The maximum absolute atomic E-state index is 13.2. The van der Waals surface area contributed by atoms with Crippen molar-refractivity contribution in [3.8, 4) is 0 Å². The van der Waals surface area contributed by atoms with Gasteiger partial charge >= 0.3 is 0 Å². The van der Waals surface area contributed by atoms with Crippen molar-refractivity contribution in [2.45, 2.75) is 75.9 Å². The summed E-state index contributed by atoms with van der Waals surface area (Å²) in [5.74, 6) is 0. The molecular formula is C18H33N3O3S. The maximum atomic E-state index is 13.2. The van der Waals surface area contributed by atoms with E-state index in [4.69, 9.17) is 4.74 Å². The van der Waals surface area contributed by atoms with Crippen LogP contribution >= 0.6 is 0 Å². The third kappa shape index (κ3) is 5.05. The van der Waals surface area contributed by atoms with E-state index in [9.17, 15) is 8.42 Å². The van der Waals surface area contributed by atoms with E-state index >= 15 is 0 Å². The van der Waals surface area contributed by atoms with Gasteiger partial charge in [0.05, 0.1) is 23.7 Å². The summed E-state index contributed by atoms with van der Waals surface area (Å²) in [6.45, 7) is 7.80. The highest BCUT2D eigenvalue weighted by Crippen LogP contribution is 2.28. The number of sulfone groups is 1. The van der Waals surface area contributed by atoms with Gasteiger partial charge < -0.3 is 9.30 Å². The summed E-state index contributed by atoms with van der Waals surface area (Å²) >= 11 is 0. The molecule has 0 saturated heterocycles. The van der Waals surface area contributed by atoms with Gasteiger partial charge in [-0.15, -0.1) is 0 Å². The fourth-order valence-electron chi connectivity index (χ4n) is 3.54. The molecule has 0 radical (unpaired) electrons. The standard InChI is InChI=1S/C18H33N3O3S/c1-4-20(5-2)15-16-14-19-18(21(16)12-13-24-3)25(22,23)17-10-8-6-7-9-11-17/h14,17H,4-13,15H2,1-3H3. The topological polar surface area (TPSA) is 64.4 Å². The van der Waals surface area contributed by atoms with Gasteiger partial charge in [-0.3, -0.25) is 4.90 Å². The highest BCUT2D eigenvalue weighted by atomic mass is 32.2. The highest BCUT2D eigenvalue weighted by molar-refractivity contribution is 7.91. The van der Waals surface area contributed by atoms with Crippen molar-refractivity contribution < 1.29 is 13.2 Å². The molecule has 0 aliphatic heterocycles. The summed E-state index contributed by atoms with van der Waals surface area (Å²) in [5.41, 5.74) is 0.952. The van der Waals surface area contributed by atoms with Crippen LogP contribution < -0.4 is 0 Å². The Bertz CT molecular complexity index is 616. The maximum Gasteiger partial charge on any atom is 0.228 e. The Morgan fingerprint density at radius 2 is 1.84 bits per heavy atom. The zero-order chi connectivity index (χ0) is 18.3. The quantitative estimate of drug-likeness (QED) is 0.625. The summed E-state index contributed by atoms with van der Waals surface area (Å²) in [5, 5.41) is -0.0568. The fraction of sp³-hybridized carbons (Fsp3) is 0.833. The molecule has 25 heavy (non-hydrogen) atoms. The summed E-state index contributed by atoms with van der Waals surface area (Å²) in [4.78, 5) is 6.63. The van der Waals surface area contributed by atoms with Crippen LogP contribution in [0, 0.1) is 0 Å². The summed E-state index contributed by atoms with van der Waals surface area (Å²) < 4.78 is 33.5. The minimum atomic E-state index is -3.40. The number of ether oxygens (including phenoxy) is 1. The lowest BCUT2D eigenvalue weighted by Gasteiger charge is -2.21. The van der Waals surface area contributed by atoms with Crippen molar-refractivity contribution in [1.82, 2.24) is 14.5 Å². The van der Waals surface area contributed by atoms with E-state index in [2.05, 4.69) is 23.7 Å². The first-order chi connectivity index (χ1) is 12.0. The molecule has 0 amide bonds. The zero-order valence-electron chi connectivity index (χ0n) is 15.9. The summed E-state index contributed by atoms with van der Waals surface area (Å²) in [6, 6.07) is 0. The largest absolute Gasteiger partial charge is 0.383 e. The molecule has 0 N–H and O–H groups in total. The minimum Gasteiger partial charge on any atom is -0.383 e.